The molecule has 4 heteroatoms. The van der Waals surface area contributed by atoms with Crippen molar-refractivity contribution >= 4 is 27.5 Å². The number of carbonyl (C=O) groups is 1. The Kier molecular flexibility index (Phi) is 2.00. The second kappa shape index (κ2) is 3.06. The van der Waals surface area contributed by atoms with Crippen LogP contribution in [0.25, 0.3) is 10.2 Å². The summed E-state index contributed by atoms with van der Waals surface area (Å²) in [5.74, 6) is -0.870. The predicted octanol–water partition coefficient (Wildman–Crippen LogP) is 2.61. The zero-order valence-electron chi connectivity index (χ0n) is 7.87. The van der Waals surface area contributed by atoms with Crippen LogP contribution in [-0.4, -0.2) is 16.1 Å². The van der Waals surface area contributed by atoms with Crippen LogP contribution in [0.15, 0.2) is 12.3 Å². The standard InChI is InChI=1S/C10H9NO2S/c1-5-3-4-11-9-7(5)6(2)8(14-9)10(12)13/h3-4H,1-2H3,(H,12,13). The summed E-state index contributed by atoms with van der Waals surface area (Å²) in [5, 5.41) is 9.92. The summed E-state index contributed by atoms with van der Waals surface area (Å²) < 4.78 is 0. The van der Waals surface area contributed by atoms with Gasteiger partial charge in [-0.2, -0.15) is 0 Å². The number of hydrogen-bond acceptors (Lipinski definition) is 3. The first-order chi connectivity index (χ1) is 6.61. The van der Waals surface area contributed by atoms with Crippen LogP contribution in [0.5, 0.6) is 0 Å². The van der Waals surface area contributed by atoms with Gasteiger partial charge in [-0.15, -0.1) is 11.3 Å². The highest BCUT2D eigenvalue weighted by atomic mass is 32.1. The van der Waals surface area contributed by atoms with E-state index in [9.17, 15) is 4.79 Å². The largest absolute Gasteiger partial charge is 0.477 e. The normalized spacial score (nSPS) is 10.7. The first-order valence-electron chi connectivity index (χ1n) is 4.19. The number of thiophene rings is 1. The van der Waals surface area contributed by atoms with Gasteiger partial charge in [0.2, 0.25) is 0 Å². The molecule has 2 heterocycles. The summed E-state index contributed by atoms with van der Waals surface area (Å²) in [6.07, 6.45) is 1.71. The molecule has 0 aliphatic heterocycles. The Morgan fingerprint density at radius 1 is 1.50 bits per heavy atom. The highest BCUT2D eigenvalue weighted by Gasteiger charge is 2.15. The third-order valence-corrected chi connectivity index (χ3v) is 3.42. The average molecular weight is 207 g/mol. The van der Waals surface area contributed by atoms with E-state index in [2.05, 4.69) is 4.98 Å². The smallest absolute Gasteiger partial charge is 0.346 e. The molecule has 72 valence electrons. The summed E-state index contributed by atoms with van der Waals surface area (Å²) in [5.41, 5.74) is 1.90. The summed E-state index contributed by atoms with van der Waals surface area (Å²) in [4.78, 5) is 16.2. The van der Waals surface area contributed by atoms with E-state index in [-0.39, 0.29) is 0 Å². The molecule has 0 aliphatic carbocycles. The Morgan fingerprint density at radius 2 is 2.21 bits per heavy atom. The van der Waals surface area contributed by atoms with Crippen molar-refractivity contribution in [2.24, 2.45) is 0 Å². The Bertz CT molecular complexity index is 516. The van der Waals surface area contributed by atoms with Gasteiger partial charge in [-0.25, -0.2) is 9.78 Å². The number of fused-ring (bicyclic) bond motifs is 1. The first kappa shape index (κ1) is 9.15. The van der Waals surface area contributed by atoms with Gasteiger partial charge in [0, 0.05) is 11.6 Å². The maximum Gasteiger partial charge on any atom is 0.346 e. The maximum absolute atomic E-state index is 10.9. The van der Waals surface area contributed by atoms with Crippen LogP contribution >= 0.6 is 11.3 Å². The Labute approximate surface area is 85.0 Å². The van der Waals surface area contributed by atoms with Crippen molar-refractivity contribution < 1.29 is 9.90 Å². The van der Waals surface area contributed by atoms with E-state index in [4.69, 9.17) is 5.11 Å². The number of aryl methyl sites for hydroxylation is 2. The first-order valence-corrected chi connectivity index (χ1v) is 5.01. The minimum atomic E-state index is -0.870. The number of pyridine rings is 1. The fourth-order valence-corrected chi connectivity index (χ4v) is 2.62. The van der Waals surface area contributed by atoms with Crippen molar-refractivity contribution in [3.05, 3.63) is 28.3 Å². The molecule has 2 aromatic heterocycles. The van der Waals surface area contributed by atoms with Gasteiger partial charge >= 0.3 is 5.97 Å². The number of nitrogens with zero attached hydrogens (tertiary/aromatic N) is 1. The second-order valence-electron chi connectivity index (χ2n) is 3.17. The highest BCUT2D eigenvalue weighted by molar-refractivity contribution is 7.20. The van der Waals surface area contributed by atoms with Crippen molar-refractivity contribution in [1.29, 1.82) is 0 Å². The lowest BCUT2D eigenvalue weighted by molar-refractivity contribution is 0.0701. The molecule has 0 unspecified atom stereocenters. The Hall–Kier alpha value is -1.42. The molecule has 0 saturated heterocycles. The van der Waals surface area contributed by atoms with Gasteiger partial charge in [-0.05, 0) is 31.0 Å². The topological polar surface area (TPSA) is 50.2 Å². The number of rotatable bonds is 1. The van der Waals surface area contributed by atoms with Crippen molar-refractivity contribution in [2.75, 3.05) is 0 Å². The van der Waals surface area contributed by atoms with Crippen LogP contribution in [0, 0.1) is 13.8 Å². The molecule has 0 fully saturated rings. The maximum atomic E-state index is 10.9. The molecule has 0 bridgehead atoms. The van der Waals surface area contributed by atoms with Crippen molar-refractivity contribution in [1.82, 2.24) is 4.98 Å². The van der Waals surface area contributed by atoms with Gasteiger partial charge in [0.25, 0.3) is 0 Å². The van der Waals surface area contributed by atoms with Gasteiger partial charge < -0.3 is 5.11 Å². The van der Waals surface area contributed by atoms with Gasteiger partial charge in [0.1, 0.15) is 9.71 Å². The summed E-state index contributed by atoms with van der Waals surface area (Å²) in [6, 6.07) is 1.90. The van der Waals surface area contributed by atoms with E-state index < -0.39 is 5.97 Å². The predicted molar refractivity (Wildman–Crippen MR) is 56.1 cm³/mol. The molecule has 0 aliphatic rings. The van der Waals surface area contributed by atoms with Gasteiger partial charge in [-0.1, -0.05) is 0 Å². The van der Waals surface area contributed by atoms with Gasteiger partial charge in [0.05, 0.1) is 0 Å². The molecule has 0 saturated carbocycles. The van der Waals surface area contributed by atoms with Crippen LogP contribution in [-0.2, 0) is 0 Å². The fourth-order valence-electron chi connectivity index (χ4n) is 1.56. The van der Waals surface area contributed by atoms with E-state index in [0.717, 1.165) is 21.3 Å². The monoisotopic (exact) mass is 207 g/mol. The number of carboxylic acid groups (broad SMARTS) is 1. The summed E-state index contributed by atoms with van der Waals surface area (Å²) >= 11 is 1.24. The van der Waals surface area contributed by atoms with E-state index in [1.165, 1.54) is 11.3 Å². The SMILES string of the molecule is Cc1ccnc2sc(C(=O)O)c(C)c12. The van der Waals surface area contributed by atoms with E-state index in [1.807, 2.05) is 19.9 Å². The molecule has 0 aromatic carbocycles. The van der Waals surface area contributed by atoms with Crippen LogP contribution in [0.4, 0.5) is 0 Å². The van der Waals surface area contributed by atoms with Crippen LogP contribution in [0.1, 0.15) is 20.8 Å². The molecule has 1 N–H and O–H groups in total. The molecule has 2 rings (SSSR count). The molecule has 3 nitrogen and oxygen atoms in total. The van der Waals surface area contributed by atoms with Crippen LogP contribution < -0.4 is 0 Å². The highest BCUT2D eigenvalue weighted by Crippen LogP contribution is 2.31. The molecule has 0 spiro atoms. The lowest BCUT2D eigenvalue weighted by Gasteiger charge is -1.95. The van der Waals surface area contributed by atoms with Crippen molar-refractivity contribution in [3.8, 4) is 0 Å². The molecule has 0 amide bonds. The molecule has 0 radical (unpaired) electrons. The Morgan fingerprint density at radius 3 is 2.79 bits per heavy atom. The Balaban J connectivity index is 2.87. The molecular formula is C10H9NO2S. The van der Waals surface area contributed by atoms with E-state index in [1.54, 1.807) is 6.20 Å². The molecule has 2 aromatic rings. The lowest BCUT2D eigenvalue weighted by atomic mass is 10.1. The average Bonchev–Trinajstić information content (AvgIpc) is 2.45. The number of aromatic nitrogens is 1. The fraction of sp³-hybridized carbons (Fsp3) is 0.200. The third-order valence-electron chi connectivity index (χ3n) is 2.23. The second-order valence-corrected chi connectivity index (χ2v) is 4.17. The third kappa shape index (κ3) is 1.19. The number of hydrogen-bond donors (Lipinski definition) is 1. The number of aromatic carboxylic acids is 1. The van der Waals surface area contributed by atoms with Crippen LogP contribution in [0.3, 0.4) is 0 Å². The summed E-state index contributed by atoms with van der Waals surface area (Å²) in [7, 11) is 0. The zero-order valence-corrected chi connectivity index (χ0v) is 8.68. The molecule has 14 heavy (non-hydrogen) atoms. The van der Waals surface area contributed by atoms with Crippen molar-refractivity contribution in [2.45, 2.75) is 13.8 Å². The van der Waals surface area contributed by atoms with Gasteiger partial charge in [0.15, 0.2) is 0 Å². The molecular weight excluding hydrogens is 198 g/mol. The van der Waals surface area contributed by atoms with Crippen LogP contribution in [0.2, 0.25) is 0 Å². The van der Waals surface area contributed by atoms with Gasteiger partial charge in [-0.3, -0.25) is 0 Å². The lowest BCUT2D eigenvalue weighted by Crippen LogP contribution is -1.93. The van der Waals surface area contributed by atoms with Crippen molar-refractivity contribution in [3.63, 3.8) is 0 Å². The van der Waals surface area contributed by atoms with E-state index >= 15 is 0 Å². The minimum absolute atomic E-state index is 0.391. The quantitative estimate of drug-likeness (QED) is 0.782. The number of carboxylic acids is 1. The van der Waals surface area contributed by atoms with E-state index in [0.29, 0.717) is 4.88 Å². The minimum Gasteiger partial charge on any atom is -0.477 e. The summed E-state index contributed by atoms with van der Waals surface area (Å²) in [6.45, 7) is 3.80. The molecule has 0 atom stereocenters. The zero-order chi connectivity index (χ0) is 10.3.